The van der Waals surface area contributed by atoms with Crippen LogP contribution in [0.15, 0.2) is 40.9 Å². The molecule has 4 rings (SSSR count). The van der Waals surface area contributed by atoms with Gasteiger partial charge in [-0.1, -0.05) is 5.16 Å². The van der Waals surface area contributed by atoms with Crippen LogP contribution >= 0.6 is 0 Å². The van der Waals surface area contributed by atoms with Gasteiger partial charge in [0.2, 0.25) is 5.82 Å². The second-order valence-electron chi connectivity index (χ2n) is 7.46. The second-order valence-corrected chi connectivity index (χ2v) is 7.46. The van der Waals surface area contributed by atoms with Gasteiger partial charge in [-0.05, 0) is 75.1 Å². The number of aromatic nitrogens is 2. The van der Waals surface area contributed by atoms with Crippen LogP contribution in [-0.2, 0) is 0 Å². The summed E-state index contributed by atoms with van der Waals surface area (Å²) in [6.45, 7) is 5.38. The van der Waals surface area contributed by atoms with Gasteiger partial charge in [0.1, 0.15) is 5.82 Å². The maximum absolute atomic E-state index is 14.0. The van der Waals surface area contributed by atoms with E-state index < -0.39 is 17.3 Å². The molecule has 0 bridgehead atoms. The minimum Gasteiger partial charge on any atom is -0.478 e. The molecule has 1 unspecified atom stereocenters. The molecule has 1 aromatic heterocycles. The molecule has 1 atom stereocenters. The minimum absolute atomic E-state index is 0.210. The van der Waals surface area contributed by atoms with Gasteiger partial charge in [0.15, 0.2) is 0 Å². The number of carbonyl (C=O) groups is 1. The number of nitrogens with zero attached hydrogens (tertiary/aromatic N) is 3. The molecule has 0 radical (unpaired) electrons. The van der Waals surface area contributed by atoms with Crippen molar-refractivity contribution < 1.29 is 18.8 Å². The molecule has 0 amide bonds. The smallest absolute Gasteiger partial charge is 0.338 e. The van der Waals surface area contributed by atoms with E-state index in [1.807, 2.05) is 12.1 Å². The van der Waals surface area contributed by atoms with Crippen molar-refractivity contribution >= 4 is 11.7 Å². The summed E-state index contributed by atoms with van der Waals surface area (Å²) in [5, 5.41) is 12.9. The van der Waals surface area contributed by atoms with E-state index in [2.05, 4.69) is 35.0 Å². The van der Waals surface area contributed by atoms with Crippen LogP contribution < -0.4 is 4.90 Å². The topological polar surface area (TPSA) is 79.5 Å². The Hall–Kier alpha value is -3.22. The van der Waals surface area contributed by atoms with Crippen LogP contribution in [0.4, 0.5) is 10.1 Å². The van der Waals surface area contributed by atoms with Crippen LogP contribution in [0.2, 0.25) is 0 Å². The molecule has 150 valence electrons. The van der Waals surface area contributed by atoms with E-state index in [1.54, 1.807) is 0 Å². The normalized spacial score (nSPS) is 16.8. The number of hydrogen-bond donors (Lipinski definition) is 1. The van der Waals surface area contributed by atoms with Gasteiger partial charge in [-0.25, -0.2) is 9.18 Å². The average molecular weight is 395 g/mol. The summed E-state index contributed by atoms with van der Waals surface area (Å²) in [6, 6.07) is 10.3. The number of piperidine rings is 1. The molecule has 6 nitrogen and oxygen atoms in total. The summed E-state index contributed by atoms with van der Waals surface area (Å²) >= 11 is 0. The monoisotopic (exact) mass is 395 g/mol. The number of halogens is 1. The summed E-state index contributed by atoms with van der Waals surface area (Å²) in [5.74, 6) is -1.61. The van der Waals surface area contributed by atoms with E-state index in [0.29, 0.717) is 17.5 Å². The van der Waals surface area contributed by atoms with Gasteiger partial charge in [0, 0.05) is 29.4 Å². The predicted octanol–water partition coefficient (Wildman–Crippen LogP) is 4.93. The van der Waals surface area contributed by atoms with Crippen LogP contribution in [0.25, 0.3) is 22.8 Å². The first-order valence-electron chi connectivity index (χ1n) is 9.68. The van der Waals surface area contributed by atoms with Crippen molar-refractivity contribution in [2.45, 2.75) is 39.2 Å². The van der Waals surface area contributed by atoms with E-state index in [4.69, 9.17) is 9.63 Å². The Balaban J connectivity index is 1.60. The second kappa shape index (κ2) is 7.66. The van der Waals surface area contributed by atoms with Crippen molar-refractivity contribution in [3.63, 3.8) is 0 Å². The highest BCUT2D eigenvalue weighted by Crippen LogP contribution is 2.31. The lowest BCUT2D eigenvalue weighted by Crippen LogP contribution is -2.37. The number of rotatable bonds is 4. The lowest BCUT2D eigenvalue weighted by Gasteiger charge is -2.36. The van der Waals surface area contributed by atoms with Crippen LogP contribution in [0.3, 0.4) is 0 Å². The molecule has 1 N–H and O–H groups in total. The van der Waals surface area contributed by atoms with Gasteiger partial charge in [-0.2, -0.15) is 4.98 Å². The Bertz CT molecular complexity index is 1060. The Morgan fingerprint density at radius 3 is 2.69 bits per heavy atom. The Labute approximate surface area is 168 Å². The largest absolute Gasteiger partial charge is 0.478 e. The third-order valence-electron chi connectivity index (χ3n) is 5.44. The third kappa shape index (κ3) is 3.72. The number of carboxylic acid groups (broad SMARTS) is 1. The standard InChI is InChI=1S/C22H22FN3O3/c1-13-11-16(7-9-19(13)26-10-4-3-5-14(26)2)21-24-20(25-29-21)15-6-8-17(22(27)28)18(23)12-15/h6-9,11-12,14H,3-5,10H2,1-2H3,(H,27,28). The number of carboxylic acids is 1. The molecule has 0 saturated carbocycles. The number of aryl methyl sites for hydroxylation is 1. The van der Waals surface area contributed by atoms with Gasteiger partial charge in [-0.3, -0.25) is 0 Å². The molecule has 1 saturated heterocycles. The highest BCUT2D eigenvalue weighted by molar-refractivity contribution is 5.88. The summed E-state index contributed by atoms with van der Waals surface area (Å²) in [5.41, 5.74) is 3.10. The first-order chi connectivity index (χ1) is 13.9. The van der Waals surface area contributed by atoms with Gasteiger partial charge in [0.25, 0.3) is 5.89 Å². The summed E-state index contributed by atoms with van der Waals surface area (Å²) < 4.78 is 19.3. The average Bonchev–Trinajstić information content (AvgIpc) is 3.18. The number of hydrogen-bond acceptors (Lipinski definition) is 5. The van der Waals surface area contributed by atoms with Crippen molar-refractivity contribution in [3.05, 3.63) is 53.3 Å². The molecule has 1 fully saturated rings. The van der Waals surface area contributed by atoms with Crippen molar-refractivity contribution in [1.29, 1.82) is 0 Å². The molecule has 7 heteroatoms. The molecule has 0 aliphatic carbocycles. The molecule has 3 aromatic rings. The third-order valence-corrected chi connectivity index (χ3v) is 5.44. The van der Waals surface area contributed by atoms with E-state index in [0.717, 1.165) is 23.7 Å². The number of aromatic carboxylic acids is 1. The molecule has 29 heavy (non-hydrogen) atoms. The van der Waals surface area contributed by atoms with Gasteiger partial charge < -0.3 is 14.5 Å². The summed E-state index contributed by atoms with van der Waals surface area (Å²) in [7, 11) is 0. The highest BCUT2D eigenvalue weighted by Gasteiger charge is 2.21. The molecule has 2 aromatic carbocycles. The van der Waals surface area contributed by atoms with E-state index in [1.165, 1.54) is 37.1 Å². The Kier molecular flexibility index (Phi) is 5.05. The highest BCUT2D eigenvalue weighted by atomic mass is 19.1. The van der Waals surface area contributed by atoms with Crippen molar-refractivity contribution in [2.24, 2.45) is 0 Å². The van der Waals surface area contributed by atoms with Gasteiger partial charge >= 0.3 is 5.97 Å². The quantitative estimate of drug-likeness (QED) is 0.675. The summed E-state index contributed by atoms with van der Waals surface area (Å²) in [4.78, 5) is 17.8. The van der Waals surface area contributed by atoms with Crippen molar-refractivity contribution in [3.8, 4) is 22.8 Å². The zero-order chi connectivity index (χ0) is 20.5. The SMILES string of the molecule is Cc1cc(-c2nc(-c3ccc(C(=O)O)c(F)c3)no2)ccc1N1CCCCC1C. The van der Waals surface area contributed by atoms with E-state index in [9.17, 15) is 9.18 Å². The molecule has 0 spiro atoms. The fourth-order valence-corrected chi connectivity index (χ4v) is 3.85. The zero-order valence-electron chi connectivity index (χ0n) is 16.4. The zero-order valence-corrected chi connectivity index (χ0v) is 16.4. The number of anilines is 1. The fraction of sp³-hybridized carbons (Fsp3) is 0.318. The Morgan fingerprint density at radius 2 is 2.00 bits per heavy atom. The minimum atomic E-state index is -1.32. The first kappa shape index (κ1) is 19.1. The van der Waals surface area contributed by atoms with Crippen LogP contribution in [-0.4, -0.2) is 33.8 Å². The van der Waals surface area contributed by atoms with Gasteiger partial charge in [0.05, 0.1) is 5.56 Å². The molecule has 1 aliphatic heterocycles. The van der Waals surface area contributed by atoms with Crippen LogP contribution in [0.5, 0.6) is 0 Å². The fourth-order valence-electron chi connectivity index (χ4n) is 3.85. The number of benzene rings is 2. The van der Waals surface area contributed by atoms with Crippen LogP contribution in [0, 0.1) is 12.7 Å². The van der Waals surface area contributed by atoms with E-state index >= 15 is 0 Å². The lowest BCUT2D eigenvalue weighted by molar-refractivity contribution is 0.0692. The predicted molar refractivity (Wildman–Crippen MR) is 107 cm³/mol. The van der Waals surface area contributed by atoms with Crippen molar-refractivity contribution in [2.75, 3.05) is 11.4 Å². The maximum atomic E-state index is 14.0. The van der Waals surface area contributed by atoms with E-state index in [-0.39, 0.29) is 5.82 Å². The van der Waals surface area contributed by atoms with Crippen molar-refractivity contribution in [1.82, 2.24) is 10.1 Å². The Morgan fingerprint density at radius 1 is 1.21 bits per heavy atom. The maximum Gasteiger partial charge on any atom is 0.338 e. The van der Waals surface area contributed by atoms with Crippen LogP contribution in [0.1, 0.15) is 42.1 Å². The molecular formula is C22H22FN3O3. The molecule has 1 aliphatic rings. The first-order valence-corrected chi connectivity index (χ1v) is 9.68. The molecule has 2 heterocycles. The van der Waals surface area contributed by atoms with Gasteiger partial charge in [-0.15, -0.1) is 0 Å². The molecular weight excluding hydrogens is 373 g/mol. The lowest BCUT2D eigenvalue weighted by atomic mass is 10.0. The summed E-state index contributed by atoms with van der Waals surface area (Å²) in [6.07, 6.45) is 3.68.